The van der Waals surface area contributed by atoms with Crippen LogP contribution in [-0.4, -0.2) is 30.9 Å². The van der Waals surface area contributed by atoms with Gasteiger partial charge in [0.05, 0.1) is 5.92 Å². The quantitative estimate of drug-likeness (QED) is 0.371. The van der Waals surface area contributed by atoms with Gasteiger partial charge in [-0.1, -0.05) is 13.8 Å². The molecule has 0 aromatic rings. The summed E-state index contributed by atoms with van der Waals surface area (Å²) in [5.74, 6) is -2.05. The molecule has 5 heteroatoms. The second-order valence-electron chi connectivity index (χ2n) is 3.17. The van der Waals surface area contributed by atoms with Crippen LogP contribution < -0.4 is 0 Å². The van der Waals surface area contributed by atoms with Crippen LogP contribution in [0, 0.1) is 5.92 Å². The van der Waals surface area contributed by atoms with Gasteiger partial charge in [0.15, 0.2) is 0 Å². The van der Waals surface area contributed by atoms with Crippen molar-refractivity contribution in [1.82, 2.24) is 0 Å². The highest BCUT2D eigenvalue weighted by atomic mass is 16.6. The summed E-state index contributed by atoms with van der Waals surface area (Å²) >= 11 is 0. The number of carbonyl (C=O) groups excluding carboxylic acids is 3. The summed E-state index contributed by atoms with van der Waals surface area (Å²) in [6.07, 6.45) is 0.700. The lowest BCUT2D eigenvalue weighted by atomic mass is 10.1. The average Bonchev–Trinajstić information content (AvgIpc) is 2.22. The summed E-state index contributed by atoms with van der Waals surface area (Å²) < 4.78 is 9.30. The van der Waals surface area contributed by atoms with Crippen LogP contribution in [0.15, 0.2) is 0 Å². The van der Waals surface area contributed by atoms with Crippen LogP contribution in [0.4, 0.5) is 0 Å². The number of rotatable bonds is 6. The summed E-state index contributed by atoms with van der Waals surface area (Å²) in [6, 6.07) is 0. The Hall–Kier alpha value is -1.39. The molecular formula is C10H16O5. The third-order valence-corrected chi connectivity index (χ3v) is 1.86. The topological polar surface area (TPSA) is 69.7 Å². The minimum absolute atomic E-state index is 0.0117. The molecule has 0 aromatic heterocycles. The highest BCUT2D eigenvalue weighted by Gasteiger charge is 2.12. The monoisotopic (exact) mass is 216 g/mol. The molecule has 0 rings (SSSR count). The molecule has 0 fully saturated rings. The number of hydrogen-bond donors (Lipinski definition) is 0. The van der Waals surface area contributed by atoms with E-state index < -0.39 is 11.8 Å². The number of carbonyl (C=O) groups is 3. The Morgan fingerprint density at radius 1 is 1.13 bits per heavy atom. The van der Waals surface area contributed by atoms with E-state index in [1.165, 1.54) is 0 Å². The first-order valence-corrected chi connectivity index (χ1v) is 4.83. The molecule has 5 nitrogen and oxygen atoms in total. The summed E-state index contributed by atoms with van der Waals surface area (Å²) in [7, 11) is 0. The Kier molecular flexibility index (Phi) is 6.33. The smallest absolute Gasteiger partial charge is 0.374 e. The van der Waals surface area contributed by atoms with Gasteiger partial charge in [-0.25, -0.2) is 4.79 Å². The van der Waals surface area contributed by atoms with Gasteiger partial charge in [-0.15, -0.1) is 0 Å². The summed E-state index contributed by atoms with van der Waals surface area (Å²) in [5, 5.41) is 0. The molecule has 0 bridgehead atoms. The molecule has 0 heterocycles. The average molecular weight is 216 g/mol. The molecule has 0 aromatic carbocycles. The van der Waals surface area contributed by atoms with E-state index in [9.17, 15) is 14.4 Å². The maximum Gasteiger partial charge on any atom is 0.374 e. The van der Waals surface area contributed by atoms with Gasteiger partial charge in [0.25, 0.3) is 0 Å². The number of esters is 2. The maximum atomic E-state index is 11.1. The zero-order valence-corrected chi connectivity index (χ0v) is 9.24. The Morgan fingerprint density at radius 2 is 1.67 bits per heavy atom. The zero-order chi connectivity index (χ0) is 11.8. The van der Waals surface area contributed by atoms with E-state index in [0.717, 1.165) is 6.92 Å². The second kappa shape index (κ2) is 6.98. The van der Waals surface area contributed by atoms with Crippen LogP contribution >= 0.6 is 0 Å². The van der Waals surface area contributed by atoms with Gasteiger partial charge >= 0.3 is 11.9 Å². The predicted molar refractivity (Wildman–Crippen MR) is 52.1 cm³/mol. The van der Waals surface area contributed by atoms with Crippen LogP contribution in [0.25, 0.3) is 0 Å². The largest absolute Gasteiger partial charge is 0.462 e. The van der Waals surface area contributed by atoms with E-state index in [2.05, 4.69) is 4.74 Å². The first kappa shape index (κ1) is 13.6. The number of ether oxygens (including phenoxy) is 2. The zero-order valence-electron chi connectivity index (χ0n) is 9.24. The fourth-order valence-corrected chi connectivity index (χ4v) is 0.687. The minimum Gasteiger partial charge on any atom is -0.462 e. The van der Waals surface area contributed by atoms with Crippen molar-refractivity contribution in [2.75, 3.05) is 13.2 Å². The van der Waals surface area contributed by atoms with Crippen molar-refractivity contribution in [2.24, 2.45) is 5.92 Å². The Bertz CT molecular complexity index is 246. The molecule has 0 radical (unpaired) electrons. The van der Waals surface area contributed by atoms with Crippen LogP contribution in [0.5, 0.6) is 0 Å². The van der Waals surface area contributed by atoms with Crippen LogP contribution in [0.3, 0.4) is 0 Å². The van der Waals surface area contributed by atoms with Gasteiger partial charge in [0, 0.05) is 6.92 Å². The SMILES string of the molecule is CCC(C)C(=O)OCCOC(=O)C(C)=O. The van der Waals surface area contributed by atoms with Crippen molar-refractivity contribution in [3.05, 3.63) is 0 Å². The first-order chi connectivity index (χ1) is 6.99. The van der Waals surface area contributed by atoms with Crippen molar-refractivity contribution in [2.45, 2.75) is 27.2 Å². The van der Waals surface area contributed by atoms with E-state index in [4.69, 9.17) is 4.74 Å². The lowest BCUT2D eigenvalue weighted by molar-refractivity contribution is -0.158. The maximum absolute atomic E-state index is 11.1. The van der Waals surface area contributed by atoms with E-state index >= 15 is 0 Å². The van der Waals surface area contributed by atoms with Crippen LogP contribution in [0.2, 0.25) is 0 Å². The third-order valence-electron chi connectivity index (χ3n) is 1.86. The van der Waals surface area contributed by atoms with E-state index in [0.29, 0.717) is 6.42 Å². The molecule has 0 spiro atoms. The predicted octanol–water partition coefficient (Wildman–Crippen LogP) is 0.708. The Balaban J connectivity index is 3.59. The summed E-state index contributed by atoms with van der Waals surface area (Å²) in [5.41, 5.74) is 0. The standard InChI is InChI=1S/C10H16O5/c1-4-7(2)9(12)14-5-6-15-10(13)8(3)11/h7H,4-6H2,1-3H3. The molecule has 0 saturated carbocycles. The number of ketones is 1. The van der Waals surface area contributed by atoms with Gasteiger partial charge < -0.3 is 9.47 Å². The van der Waals surface area contributed by atoms with Crippen LogP contribution in [0.1, 0.15) is 27.2 Å². The van der Waals surface area contributed by atoms with Crippen molar-refractivity contribution >= 4 is 17.7 Å². The lowest BCUT2D eigenvalue weighted by Crippen LogP contribution is -2.20. The molecular weight excluding hydrogens is 200 g/mol. The molecule has 0 aliphatic heterocycles. The summed E-state index contributed by atoms with van der Waals surface area (Å²) in [4.78, 5) is 32.2. The molecule has 86 valence electrons. The normalized spacial score (nSPS) is 11.7. The van der Waals surface area contributed by atoms with Crippen molar-refractivity contribution in [1.29, 1.82) is 0 Å². The van der Waals surface area contributed by atoms with Gasteiger partial charge in [-0.05, 0) is 6.42 Å². The second-order valence-corrected chi connectivity index (χ2v) is 3.17. The highest BCUT2D eigenvalue weighted by Crippen LogP contribution is 2.02. The molecule has 0 aliphatic carbocycles. The molecule has 1 atom stereocenters. The molecule has 0 aliphatic rings. The number of Topliss-reactive ketones (excluding diaryl/α,β-unsaturated/α-hetero) is 1. The molecule has 15 heavy (non-hydrogen) atoms. The third kappa shape index (κ3) is 5.83. The van der Waals surface area contributed by atoms with E-state index in [1.54, 1.807) is 6.92 Å². The fraction of sp³-hybridized carbons (Fsp3) is 0.700. The highest BCUT2D eigenvalue weighted by molar-refractivity contribution is 6.32. The van der Waals surface area contributed by atoms with Crippen molar-refractivity contribution < 1.29 is 23.9 Å². The molecule has 0 N–H and O–H groups in total. The minimum atomic E-state index is -0.908. The van der Waals surface area contributed by atoms with Crippen LogP contribution in [-0.2, 0) is 23.9 Å². The van der Waals surface area contributed by atoms with Gasteiger partial charge in [0.1, 0.15) is 13.2 Å². The number of hydrogen-bond acceptors (Lipinski definition) is 5. The van der Waals surface area contributed by atoms with Gasteiger partial charge in [-0.3, -0.25) is 9.59 Å². The van der Waals surface area contributed by atoms with Crippen molar-refractivity contribution in [3.63, 3.8) is 0 Å². The molecule has 0 saturated heterocycles. The molecule has 0 amide bonds. The Morgan fingerprint density at radius 3 is 2.13 bits per heavy atom. The van der Waals surface area contributed by atoms with Gasteiger partial charge in [0.2, 0.25) is 5.78 Å². The Labute approximate surface area is 88.7 Å². The first-order valence-electron chi connectivity index (χ1n) is 4.83. The molecule has 1 unspecified atom stereocenters. The van der Waals surface area contributed by atoms with E-state index in [1.807, 2.05) is 6.92 Å². The lowest BCUT2D eigenvalue weighted by Gasteiger charge is -2.08. The van der Waals surface area contributed by atoms with Crippen molar-refractivity contribution in [3.8, 4) is 0 Å². The fourth-order valence-electron chi connectivity index (χ4n) is 0.687. The summed E-state index contributed by atoms with van der Waals surface area (Å²) in [6.45, 7) is 4.65. The van der Waals surface area contributed by atoms with E-state index in [-0.39, 0.29) is 25.1 Å². The van der Waals surface area contributed by atoms with Gasteiger partial charge in [-0.2, -0.15) is 0 Å².